The van der Waals surface area contributed by atoms with E-state index in [2.05, 4.69) is 0 Å². The van der Waals surface area contributed by atoms with Crippen LogP contribution in [0, 0.1) is 0 Å². The summed E-state index contributed by atoms with van der Waals surface area (Å²) >= 11 is 0. The molecule has 0 radical (unpaired) electrons. The van der Waals surface area contributed by atoms with Gasteiger partial charge in [-0.2, -0.15) is 0 Å². The Kier molecular flexibility index (Phi) is 3.45. The highest BCUT2D eigenvalue weighted by atomic mass is 16.3. The SMILES string of the molecule is CCc1ccc(O)c([C@H](O)c2ccccc2)c1. The fraction of sp³-hybridized carbons (Fsp3) is 0.200. The number of phenolic OH excluding ortho intramolecular Hbond substituents is 1. The van der Waals surface area contributed by atoms with Crippen LogP contribution < -0.4 is 0 Å². The smallest absolute Gasteiger partial charge is 0.121 e. The molecule has 0 fully saturated rings. The predicted octanol–water partition coefficient (Wildman–Crippen LogP) is 3.04. The zero-order valence-corrected chi connectivity index (χ0v) is 9.80. The molecule has 0 unspecified atom stereocenters. The summed E-state index contributed by atoms with van der Waals surface area (Å²) in [6.07, 6.45) is 0.108. The highest BCUT2D eigenvalue weighted by Gasteiger charge is 2.14. The monoisotopic (exact) mass is 228 g/mol. The van der Waals surface area contributed by atoms with Crippen LogP contribution >= 0.6 is 0 Å². The number of hydrogen-bond donors (Lipinski definition) is 2. The molecule has 0 bridgehead atoms. The maximum absolute atomic E-state index is 10.2. The van der Waals surface area contributed by atoms with Crippen molar-refractivity contribution in [2.24, 2.45) is 0 Å². The van der Waals surface area contributed by atoms with Gasteiger partial charge in [-0.1, -0.05) is 43.3 Å². The van der Waals surface area contributed by atoms with E-state index in [1.165, 1.54) is 0 Å². The molecule has 0 heterocycles. The molecule has 0 amide bonds. The van der Waals surface area contributed by atoms with Crippen molar-refractivity contribution >= 4 is 0 Å². The first-order chi connectivity index (χ1) is 8.22. The van der Waals surface area contributed by atoms with Gasteiger partial charge in [-0.05, 0) is 29.7 Å². The molecule has 1 atom stereocenters. The Morgan fingerprint density at radius 1 is 1.06 bits per heavy atom. The Morgan fingerprint density at radius 3 is 2.41 bits per heavy atom. The van der Waals surface area contributed by atoms with Crippen LogP contribution in [-0.2, 0) is 6.42 Å². The molecular weight excluding hydrogens is 212 g/mol. The van der Waals surface area contributed by atoms with E-state index in [9.17, 15) is 10.2 Å². The molecule has 0 aliphatic carbocycles. The summed E-state index contributed by atoms with van der Waals surface area (Å²) in [6, 6.07) is 14.7. The maximum atomic E-state index is 10.2. The molecule has 2 N–H and O–H groups in total. The van der Waals surface area contributed by atoms with E-state index < -0.39 is 6.10 Å². The molecule has 88 valence electrons. The van der Waals surface area contributed by atoms with Gasteiger partial charge in [0.25, 0.3) is 0 Å². The van der Waals surface area contributed by atoms with E-state index >= 15 is 0 Å². The summed E-state index contributed by atoms with van der Waals surface area (Å²) in [6.45, 7) is 2.05. The predicted molar refractivity (Wildman–Crippen MR) is 68.0 cm³/mol. The molecule has 2 aromatic rings. The molecule has 0 spiro atoms. The van der Waals surface area contributed by atoms with E-state index in [0.717, 1.165) is 17.5 Å². The topological polar surface area (TPSA) is 40.5 Å². The van der Waals surface area contributed by atoms with Gasteiger partial charge in [0, 0.05) is 5.56 Å². The number of phenols is 1. The number of aromatic hydroxyl groups is 1. The minimum atomic E-state index is -0.775. The molecule has 2 rings (SSSR count). The third kappa shape index (κ3) is 2.48. The van der Waals surface area contributed by atoms with Gasteiger partial charge in [0.1, 0.15) is 11.9 Å². The van der Waals surface area contributed by atoms with Crippen LogP contribution in [0.4, 0.5) is 0 Å². The molecule has 0 aliphatic heterocycles. The fourth-order valence-corrected chi connectivity index (χ4v) is 1.86. The second-order valence-corrected chi connectivity index (χ2v) is 4.06. The first-order valence-corrected chi connectivity index (χ1v) is 5.77. The van der Waals surface area contributed by atoms with E-state index in [-0.39, 0.29) is 5.75 Å². The lowest BCUT2D eigenvalue weighted by Crippen LogP contribution is -2.00. The zero-order valence-electron chi connectivity index (χ0n) is 9.80. The first-order valence-electron chi connectivity index (χ1n) is 5.77. The van der Waals surface area contributed by atoms with Crippen molar-refractivity contribution in [3.05, 3.63) is 65.2 Å². The van der Waals surface area contributed by atoms with E-state index in [0.29, 0.717) is 5.56 Å². The molecule has 17 heavy (non-hydrogen) atoms. The Labute approximate surface area is 101 Å². The van der Waals surface area contributed by atoms with E-state index in [1.54, 1.807) is 6.07 Å². The Balaban J connectivity index is 2.40. The van der Waals surface area contributed by atoms with Gasteiger partial charge in [0.05, 0.1) is 0 Å². The van der Waals surface area contributed by atoms with Crippen LogP contribution in [0.5, 0.6) is 5.75 Å². The molecule has 2 nitrogen and oxygen atoms in total. The molecular formula is C15H16O2. The van der Waals surface area contributed by atoms with Crippen molar-refractivity contribution < 1.29 is 10.2 Å². The lowest BCUT2D eigenvalue weighted by atomic mass is 9.98. The minimum Gasteiger partial charge on any atom is -0.508 e. The van der Waals surface area contributed by atoms with Gasteiger partial charge in [-0.15, -0.1) is 0 Å². The number of rotatable bonds is 3. The van der Waals surface area contributed by atoms with Crippen molar-refractivity contribution in [2.45, 2.75) is 19.4 Å². The molecule has 0 aromatic heterocycles. The average Bonchev–Trinajstić information content (AvgIpc) is 2.39. The number of aryl methyl sites for hydroxylation is 1. The van der Waals surface area contributed by atoms with E-state index in [4.69, 9.17) is 0 Å². The number of aliphatic hydroxyl groups is 1. The summed E-state index contributed by atoms with van der Waals surface area (Å²) < 4.78 is 0. The van der Waals surface area contributed by atoms with Crippen LogP contribution in [0.2, 0.25) is 0 Å². The lowest BCUT2D eigenvalue weighted by molar-refractivity contribution is 0.215. The van der Waals surface area contributed by atoms with Gasteiger partial charge >= 0.3 is 0 Å². The summed E-state index contributed by atoms with van der Waals surface area (Å²) in [5.41, 5.74) is 2.46. The Hall–Kier alpha value is -1.80. The number of benzene rings is 2. The van der Waals surface area contributed by atoms with Crippen molar-refractivity contribution in [2.75, 3.05) is 0 Å². The standard InChI is InChI=1S/C15H16O2/c1-2-11-8-9-14(16)13(10-11)15(17)12-6-4-3-5-7-12/h3-10,15-17H,2H2,1H3/t15-/m1/s1. The van der Waals surface area contributed by atoms with Crippen molar-refractivity contribution in [3.63, 3.8) is 0 Å². The van der Waals surface area contributed by atoms with Crippen LogP contribution in [-0.4, -0.2) is 10.2 Å². The summed E-state index contributed by atoms with van der Waals surface area (Å²) in [5.74, 6) is 0.138. The van der Waals surface area contributed by atoms with Gasteiger partial charge in [-0.3, -0.25) is 0 Å². The van der Waals surface area contributed by atoms with Crippen LogP contribution in [0.1, 0.15) is 29.7 Å². The summed E-state index contributed by atoms with van der Waals surface area (Å²) in [7, 11) is 0. The third-order valence-corrected chi connectivity index (χ3v) is 2.91. The average molecular weight is 228 g/mol. The number of hydrogen-bond acceptors (Lipinski definition) is 2. The minimum absolute atomic E-state index is 0.138. The summed E-state index contributed by atoms with van der Waals surface area (Å²) in [4.78, 5) is 0. The van der Waals surface area contributed by atoms with Crippen LogP contribution in [0.15, 0.2) is 48.5 Å². The molecule has 2 aromatic carbocycles. The molecule has 0 saturated heterocycles. The molecule has 2 heteroatoms. The van der Waals surface area contributed by atoms with Crippen LogP contribution in [0.25, 0.3) is 0 Å². The normalized spacial score (nSPS) is 12.4. The molecule has 0 saturated carbocycles. The third-order valence-electron chi connectivity index (χ3n) is 2.91. The quantitative estimate of drug-likeness (QED) is 0.847. The first kappa shape index (κ1) is 11.7. The van der Waals surface area contributed by atoms with Gasteiger partial charge in [-0.25, -0.2) is 0 Å². The van der Waals surface area contributed by atoms with Gasteiger partial charge in [0.2, 0.25) is 0 Å². The molecule has 0 aliphatic rings. The zero-order chi connectivity index (χ0) is 12.3. The largest absolute Gasteiger partial charge is 0.508 e. The highest BCUT2D eigenvalue weighted by molar-refractivity contribution is 5.41. The van der Waals surface area contributed by atoms with E-state index in [1.807, 2.05) is 49.4 Å². The Bertz CT molecular complexity index is 492. The lowest BCUT2D eigenvalue weighted by Gasteiger charge is -2.14. The fourth-order valence-electron chi connectivity index (χ4n) is 1.86. The maximum Gasteiger partial charge on any atom is 0.121 e. The summed E-state index contributed by atoms with van der Waals surface area (Å²) in [5, 5.41) is 20.0. The van der Waals surface area contributed by atoms with Gasteiger partial charge in [0.15, 0.2) is 0 Å². The van der Waals surface area contributed by atoms with Crippen molar-refractivity contribution in [1.29, 1.82) is 0 Å². The second-order valence-electron chi connectivity index (χ2n) is 4.06. The highest BCUT2D eigenvalue weighted by Crippen LogP contribution is 2.30. The van der Waals surface area contributed by atoms with Gasteiger partial charge < -0.3 is 10.2 Å². The Morgan fingerprint density at radius 2 is 1.76 bits per heavy atom. The number of aliphatic hydroxyl groups excluding tert-OH is 1. The second kappa shape index (κ2) is 5.02. The van der Waals surface area contributed by atoms with Crippen LogP contribution in [0.3, 0.4) is 0 Å². The van der Waals surface area contributed by atoms with Crippen molar-refractivity contribution in [3.8, 4) is 5.75 Å². The van der Waals surface area contributed by atoms with Crippen molar-refractivity contribution in [1.82, 2.24) is 0 Å².